The number of rotatable bonds is 4. The second-order valence-corrected chi connectivity index (χ2v) is 5.04. The van der Waals surface area contributed by atoms with E-state index in [1.165, 1.54) is 5.57 Å². The van der Waals surface area contributed by atoms with Crippen LogP contribution in [0.1, 0.15) is 34.1 Å². The highest BCUT2D eigenvalue weighted by molar-refractivity contribution is 5.72. The van der Waals surface area contributed by atoms with Gasteiger partial charge in [-0.15, -0.1) is 0 Å². The number of esters is 1. The van der Waals surface area contributed by atoms with Gasteiger partial charge in [0.05, 0.1) is 12.5 Å². The number of hydrogen-bond donors (Lipinski definition) is 1. The van der Waals surface area contributed by atoms with Gasteiger partial charge in [0.25, 0.3) is 0 Å². The third kappa shape index (κ3) is 2.29. The van der Waals surface area contributed by atoms with E-state index in [0.717, 1.165) is 6.42 Å². The van der Waals surface area contributed by atoms with Crippen molar-refractivity contribution in [3.8, 4) is 0 Å². The molecular formula is C13H23NO2. The van der Waals surface area contributed by atoms with Crippen LogP contribution in [0.5, 0.6) is 0 Å². The molecule has 0 spiro atoms. The molecule has 0 aromatic heterocycles. The van der Waals surface area contributed by atoms with Crippen molar-refractivity contribution in [3.63, 3.8) is 0 Å². The molecule has 1 rings (SSSR count). The molecule has 0 radical (unpaired) electrons. The van der Waals surface area contributed by atoms with Crippen LogP contribution in [0.4, 0.5) is 0 Å². The summed E-state index contributed by atoms with van der Waals surface area (Å²) in [6.45, 7) is 9.16. The molecule has 0 saturated heterocycles. The third-order valence-electron chi connectivity index (χ3n) is 3.85. The third-order valence-corrected chi connectivity index (χ3v) is 3.85. The molecule has 0 amide bonds. The number of carbonyl (C=O) groups excluding carboxylic acids is 1. The van der Waals surface area contributed by atoms with E-state index in [4.69, 9.17) is 10.5 Å². The van der Waals surface area contributed by atoms with Gasteiger partial charge in [-0.2, -0.15) is 0 Å². The van der Waals surface area contributed by atoms with Crippen LogP contribution >= 0.6 is 0 Å². The van der Waals surface area contributed by atoms with Gasteiger partial charge < -0.3 is 10.5 Å². The summed E-state index contributed by atoms with van der Waals surface area (Å²) in [4.78, 5) is 11.7. The summed E-state index contributed by atoms with van der Waals surface area (Å²) in [6, 6.07) is 0. The number of nitrogens with two attached hydrogens (primary N) is 1. The van der Waals surface area contributed by atoms with Crippen molar-refractivity contribution in [3.05, 3.63) is 11.6 Å². The Kier molecular flexibility index (Phi) is 4.14. The fraction of sp³-hybridized carbons (Fsp3) is 0.769. The Morgan fingerprint density at radius 1 is 1.69 bits per heavy atom. The van der Waals surface area contributed by atoms with Crippen LogP contribution in [0.15, 0.2) is 11.6 Å². The molecule has 0 aromatic carbocycles. The first-order valence-corrected chi connectivity index (χ1v) is 6.01. The summed E-state index contributed by atoms with van der Waals surface area (Å²) in [6.07, 6.45) is 3.11. The Morgan fingerprint density at radius 3 is 2.75 bits per heavy atom. The van der Waals surface area contributed by atoms with Crippen molar-refractivity contribution in [2.75, 3.05) is 13.2 Å². The molecular weight excluding hydrogens is 202 g/mol. The smallest absolute Gasteiger partial charge is 0.308 e. The van der Waals surface area contributed by atoms with Crippen molar-refractivity contribution < 1.29 is 9.53 Å². The molecule has 0 saturated carbocycles. The Hall–Kier alpha value is -0.830. The average Bonchev–Trinajstić information content (AvgIpc) is 2.52. The zero-order valence-electron chi connectivity index (χ0n) is 10.7. The molecule has 3 heteroatoms. The molecule has 3 nitrogen and oxygen atoms in total. The molecule has 0 bridgehead atoms. The fourth-order valence-electron chi connectivity index (χ4n) is 2.68. The topological polar surface area (TPSA) is 52.3 Å². The minimum atomic E-state index is -0.0905. The van der Waals surface area contributed by atoms with Crippen LogP contribution in [0, 0.1) is 17.3 Å². The van der Waals surface area contributed by atoms with Crippen LogP contribution in [-0.4, -0.2) is 19.1 Å². The lowest BCUT2D eigenvalue weighted by Gasteiger charge is -2.33. The quantitative estimate of drug-likeness (QED) is 0.589. The van der Waals surface area contributed by atoms with Gasteiger partial charge in [-0.25, -0.2) is 0 Å². The number of hydrogen-bond acceptors (Lipinski definition) is 3. The van der Waals surface area contributed by atoms with E-state index in [0.29, 0.717) is 19.1 Å². The van der Waals surface area contributed by atoms with Gasteiger partial charge in [0.15, 0.2) is 0 Å². The first kappa shape index (κ1) is 13.2. The zero-order valence-corrected chi connectivity index (χ0v) is 10.7. The lowest BCUT2D eigenvalue weighted by atomic mass is 9.71. The number of allylic oxidation sites excluding steroid dienone is 1. The lowest BCUT2D eigenvalue weighted by molar-refractivity contribution is -0.150. The highest BCUT2D eigenvalue weighted by Crippen LogP contribution is 2.46. The largest absolute Gasteiger partial charge is 0.466 e. The van der Waals surface area contributed by atoms with E-state index >= 15 is 0 Å². The predicted octanol–water partition coefficient (Wildman–Crippen LogP) is 2.12. The van der Waals surface area contributed by atoms with Gasteiger partial charge in [0.2, 0.25) is 0 Å². The summed E-state index contributed by atoms with van der Waals surface area (Å²) < 4.78 is 5.08. The molecule has 2 N–H and O–H groups in total. The van der Waals surface area contributed by atoms with Crippen LogP contribution < -0.4 is 5.73 Å². The standard InChI is InChI=1S/C13H23NO2/c1-5-16-12(15)9(2)11-7-6-10(8-14)13(11,3)4/h6,9,11H,5,7-8,14H2,1-4H3/t9-,11-/m1/s1. The maximum absolute atomic E-state index is 11.7. The minimum absolute atomic E-state index is 0.0148. The molecule has 1 aliphatic carbocycles. The van der Waals surface area contributed by atoms with E-state index in [-0.39, 0.29) is 17.3 Å². The van der Waals surface area contributed by atoms with Gasteiger partial charge >= 0.3 is 5.97 Å². The Bertz CT molecular complexity index is 294. The van der Waals surface area contributed by atoms with Crippen LogP contribution in [0.25, 0.3) is 0 Å². The number of carbonyl (C=O) groups is 1. The van der Waals surface area contributed by atoms with E-state index in [1.54, 1.807) is 0 Å². The first-order valence-electron chi connectivity index (χ1n) is 6.01. The summed E-state index contributed by atoms with van der Waals surface area (Å²) in [5.41, 5.74) is 6.99. The Balaban J connectivity index is 2.74. The molecule has 2 atom stereocenters. The summed E-state index contributed by atoms with van der Waals surface area (Å²) >= 11 is 0. The monoisotopic (exact) mass is 225 g/mol. The molecule has 0 heterocycles. The highest BCUT2D eigenvalue weighted by atomic mass is 16.5. The minimum Gasteiger partial charge on any atom is -0.466 e. The zero-order chi connectivity index (χ0) is 12.3. The summed E-state index contributed by atoms with van der Waals surface area (Å²) in [5, 5.41) is 0. The molecule has 0 aliphatic heterocycles. The second-order valence-electron chi connectivity index (χ2n) is 5.04. The van der Waals surface area contributed by atoms with Crippen LogP contribution in [0.2, 0.25) is 0 Å². The number of ether oxygens (including phenoxy) is 1. The van der Waals surface area contributed by atoms with Gasteiger partial charge in [-0.05, 0) is 24.7 Å². The van der Waals surface area contributed by atoms with Crippen molar-refractivity contribution in [1.82, 2.24) is 0 Å². The fourth-order valence-corrected chi connectivity index (χ4v) is 2.68. The van der Waals surface area contributed by atoms with E-state index in [2.05, 4.69) is 19.9 Å². The second kappa shape index (κ2) is 5.00. The Morgan fingerprint density at radius 2 is 2.31 bits per heavy atom. The molecule has 16 heavy (non-hydrogen) atoms. The van der Waals surface area contributed by atoms with Gasteiger partial charge in [0.1, 0.15) is 0 Å². The van der Waals surface area contributed by atoms with Crippen LogP contribution in [-0.2, 0) is 9.53 Å². The van der Waals surface area contributed by atoms with Gasteiger partial charge in [-0.3, -0.25) is 4.79 Å². The molecule has 92 valence electrons. The molecule has 0 fully saturated rings. The Labute approximate surface area is 98.0 Å². The molecule has 0 unspecified atom stereocenters. The van der Waals surface area contributed by atoms with Gasteiger partial charge in [-0.1, -0.05) is 32.4 Å². The van der Waals surface area contributed by atoms with E-state index < -0.39 is 0 Å². The predicted molar refractivity (Wildman–Crippen MR) is 64.8 cm³/mol. The maximum Gasteiger partial charge on any atom is 0.308 e. The first-order chi connectivity index (χ1) is 7.45. The summed E-state index contributed by atoms with van der Waals surface area (Å²) in [5.74, 6) is 0.160. The molecule has 0 aromatic rings. The molecule has 1 aliphatic rings. The average molecular weight is 225 g/mol. The maximum atomic E-state index is 11.7. The summed E-state index contributed by atoms with van der Waals surface area (Å²) in [7, 11) is 0. The highest BCUT2D eigenvalue weighted by Gasteiger charge is 2.42. The van der Waals surface area contributed by atoms with Crippen molar-refractivity contribution in [2.45, 2.75) is 34.1 Å². The van der Waals surface area contributed by atoms with E-state index in [9.17, 15) is 4.79 Å². The van der Waals surface area contributed by atoms with Crippen molar-refractivity contribution >= 4 is 5.97 Å². The van der Waals surface area contributed by atoms with Crippen LogP contribution in [0.3, 0.4) is 0 Å². The van der Waals surface area contributed by atoms with Crippen molar-refractivity contribution in [2.24, 2.45) is 23.0 Å². The lowest BCUT2D eigenvalue weighted by Crippen LogP contribution is -2.33. The van der Waals surface area contributed by atoms with E-state index in [1.807, 2.05) is 13.8 Å². The van der Waals surface area contributed by atoms with Crippen molar-refractivity contribution in [1.29, 1.82) is 0 Å². The normalized spacial score (nSPS) is 25.1. The van der Waals surface area contributed by atoms with Gasteiger partial charge in [0, 0.05) is 6.54 Å². The SMILES string of the molecule is CCOC(=O)[C@H](C)[C@H]1CC=C(CN)C1(C)C.